The van der Waals surface area contributed by atoms with Crippen molar-refractivity contribution < 1.29 is 4.79 Å². The van der Waals surface area contributed by atoms with E-state index >= 15 is 0 Å². The van der Waals surface area contributed by atoms with Crippen molar-refractivity contribution in [2.75, 3.05) is 23.4 Å². The molecule has 21 heavy (non-hydrogen) atoms. The minimum Gasteiger partial charge on any atom is -0.369 e. The van der Waals surface area contributed by atoms with E-state index in [4.69, 9.17) is 11.6 Å². The number of nitrogens with two attached hydrogens (primary N) is 2. The smallest absolute Gasteiger partial charge is 0.258 e. The van der Waals surface area contributed by atoms with E-state index in [0.29, 0.717) is 25.5 Å². The molecule has 0 bridgehead atoms. The molecule has 1 saturated heterocycles. The summed E-state index contributed by atoms with van der Waals surface area (Å²) in [5.74, 6) is 5.75. The van der Waals surface area contributed by atoms with Crippen LogP contribution < -0.4 is 21.9 Å². The Balaban J connectivity index is 1.92. The number of carbonyl (C=O) groups excluding carboxylic acids is 1. The van der Waals surface area contributed by atoms with E-state index in [-0.39, 0.29) is 23.7 Å². The molecule has 1 fully saturated rings. The molecule has 3 heterocycles. The average Bonchev–Trinajstić information content (AvgIpc) is 3.18. The lowest BCUT2D eigenvalue weighted by Crippen LogP contribution is -2.29. The zero-order valence-corrected chi connectivity index (χ0v) is 11.0. The number of primary amides is 1. The maximum absolute atomic E-state index is 11.2. The Morgan fingerprint density at radius 1 is 1.33 bits per heavy atom. The Morgan fingerprint density at radius 3 is 2.76 bits per heavy atom. The fraction of sp³-hybridized carbons (Fsp3) is 0.400. The number of hydrazine groups is 1. The number of aromatic nitrogens is 6. The molecule has 11 nitrogen and oxygen atoms in total. The molecule has 0 spiro atoms. The second-order valence-electron chi connectivity index (χ2n) is 4.58. The highest BCUT2D eigenvalue weighted by atomic mass is 16.1. The summed E-state index contributed by atoms with van der Waals surface area (Å²) in [6.45, 7) is 1.11. The molecule has 110 valence electrons. The number of hydrogen-bond acceptors (Lipinski definition) is 9. The van der Waals surface area contributed by atoms with E-state index in [1.54, 1.807) is 0 Å². The van der Waals surface area contributed by atoms with Crippen LogP contribution in [0.5, 0.6) is 0 Å². The zero-order chi connectivity index (χ0) is 14.8. The predicted molar refractivity (Wildman–Crippen MR) is 72.1 cm³/mol. The summed E-state index contributed by atoms with van der Waals surface area (Å²) in [4.78, 5) is 29.6. The summed E-state index contributed by atoms with van der Waals surface area (Å²) < 4.78 is 1.40. The van der Waals surface area contributed by atoms with Crippen molar-refractivity contribution >= 4 is 17.8 Å². The Kier molecular flexibility index (Phi) is 3.31. The lowest BCUT2D eigenvalue weighted by atomic mass is 10.1. The van der Waals surface area contributed by atoms with Crippen LogP contribution in [0.2, 0.25) is 0 Å². The molecular weight excluding hydrogens is 276 g/mol. The second-order valence-corrected chi connectivity index (χ2v) is 4.58. The molecule has 1 aliphatic rings. The third-order valence-electron chi connectivity index (χ3n) is 3.24. The quantitative estimate of drug-likeness (QED) is 0.430. The van der Waals surface area contributed by atoms with Crippen LogP contribution in [0.3, 0.4) is 0 Å². The first-order valence-corrected chi connectivity index (χ1v) is 6.29. The van der Waals surface area contributed by atoms with E-state index < -0.39 is 0 Å². The molecule has 5 N–H and O–H groups in total. The van der Waals surface area contributed by atoms with Gasteiger partial charge in [-0.2, -0.15) is 24.7 Å². The van der Waals surface area contributed by atoms with Crippen molar-refractivity contribution in [1.82, 2.24) is 29.7 Å². The first-order valence-electron chi connectivity index (χ1n) is 6.29. The van der Waals surface area contributed by atoms with Gasteiger partial charge in [-0.3, -0.25) is 10.2 Å². The van der Waals surface area contributed by atoms with E-state index in [1.807, 2.05) is 4.90 Å². The van der Waals surface area contributed by atoms with Crippen LogP contribution in [-0.4, -0.2) is 48.7 Å². The molecular formula is C10H14N10O. The van der Waals surface area contributed by atoms with Gasteiger partial charge in [0.05, 0.1) is 5.92 Å². The standard InChI is InChI=1S/C10H14N10O/c11-7(21)6-1-2-19(3-6)9-15-8(18-12)16-10(17-9)20-5-13-4-14-20/h4-6H,1-3,12H2,(H2,11,21)(H,15,16,17,18). The van der Waals surface area contributed by atoms with Gasteiger partial charge in [-0.25, -0.2) is 10.8 Å². The maximum Gasteiger partial charge on any atom is 0.258 e. The first-order chi connectivity index (χ1) is 10.2. The van der Waals surface area contributed by atoms with Gasteiger partial charge in [0.1, 0.15) is 12.7 Å². The molecule has 1 aliphatic heterocycles. The Labute approximate surface area is 119 Å². The number of amides is 1. The molecule has 1 unspecified atom stereocenters. The molecule has 0 aliphatic carbocycles. The minimum atomic E-state index is -0.319. The molecule has 11 heteroatoms. The largest absolute Gasteiger partial charge is 0.369 e. The SMILES string of the molecule is NNc1nc(N2CCC(C(N)=O)C2)nc(-n2cncn2)n1. The summed E-state index contributed by atoms with van der Waals surface area (Å²) in [5.41, 5.74) is 7.71. The number of nitrogens with zero attached hydrogens (tertiary/aromatic N) is 7. The van der Waals surface area contributed by atoms with Crippen LogP contribution in [0.25, 0.3) is 5.95 Å². The predicted octanol–water partition coefficient (Wildman–Crippen LogP) is -1.95. The van der Waals surface area contributed by atoms with Crippen molar-refractivity contribution in [3.05, 3.63) is 12.7 Å². The van der Waals surface area contributed by atoms with Gasteiger partial charge in [-0.05, 0) is 6.42 Å². The summed E-state index contributed by atoms with van der Waals surface area (Å²) in [7, 11) is 0. The van der Waals surface area contributed by atoms with Crippen molar-refractivity contribution in [2.45, 2.75) is 6.42 Å². The van der Waals surface area contributed by atoms with E-state index in [0.717, 1.165) is 0 Å². The second kappa shape index (κ2) is 5.28. The van der Waals surface area contributed by atoms with Crippen LogP contribution in [0.1, 0.15) is 6.42 Å². The molecule has 1 atom stereocenters. The van der Waals surface area contributed by atoms with Gasteiger partial charge < -0.3 is 10.6 Å². The summed E-state index contributed by atoms with van der Waals surface area (Å²) in [6, 6.07) is 0. The Hall–Kier alpha value is -2.82. The summed E-state index contributed by atoms with van der Waals surface area (Å²) in [5, 5.41) is 3.96. The van der Waals surface area contributed by atoms with Gasteiger partial charge in [0.2, 0.25) is 17.8 Å². The lowest BCUT2D eigenvalue weighted by molar-refractivity contribution is -0.121. The fourth-order valence-electron chi connectivity index (χ4n) is 2.15. The van der Waals surface area contributed by atoms with Crippen molar-refractivity contribution in [3.8, 4) is 5.95 Å². The minimum absolute atomic E-state index is 0.202. The van der Waals surface area contributed by atoms with Crippen LogP contribution >= 0.6 is 0 Å². The van der Waals surface area contributed by atoms with Gasteiger partial charge in [0.15, 0.2) is 0 Å². The van der Waals surface area contributed by atoms with Gasteiger partial charge in [-0.15, -0.1) is 0 Å². The third kappa shape index (κ3) is 2.58. The monoisotopic (exact) mass is 290 g/mol. The molecule has 0 radical (unpaired) electrons. The number of anilines is 2. The molecule has 2 aromatic rings. The molecule has 3 rings (SSSR count). The van der Waals surface area contributed by atoms with Crippen molar-refractivity contribution in [2.24, 2.45) is 17.5 Å². The summed E-state index contributed by atoms with van der Waals surface area (Å²) in [6.07, 6.45) is 3.51. The van der Waals surface area contributed by atoms with E-state index in [1.165, 1.54) is 17.3 Å². The molecule has 0 saturated carbocycles. The lowest BCUT2D eigenvalue weighted by Gasteiger charge is -2.16. The first kappa shape index (κ1) is 13.2. The van der Waals surface area contributed by atoms with Crippen LogP contribution in [0, 0.1) is 5.92 Å². The highest BCUT2D eigenvalue weighted by Gasteiger charge is 2.28. The van der Waals surface area contributed by atoms with Gasteiger partial charge in [-0.1, -0.05) is 0 Å². The zero-order valence-electron chi connectivity index (χ0n) is 11.0. The highest BCUT2D eigenvalue weighted by Crippen LogP contribution is 2.21. The number of carbonyl (C=O) groups is 1. The molecule has 1 amide bonds. The highest BCUT2D eigenvalue weighted by molar-refractivity contribution is 5.78. The van der Waals surface area contributed by atoms with Crippen LogP contribution in [0.15, 0.2) is 12.7 Å². The van der Waals surface area contributed by atoms with Gasteiger partial charge >= 0.3 is 0 Å². The maximum atomic E-state index is 11.2. The topological polar surface area (TPSA) is 154 Å². The summed E-state index contributed by atoms with van der Waals surface area (Å²) >= 11 is 0. The van der Waals surface area contributed by atoms with E-state index in [9.17, 15) is 4.79 Å². The molecule has 0 aromatic carbocycles. The number of nitrogens with one attached hydrogen (secondary N) is 1. The van der Waals surface area contributed by atoms with Crippen LogP contribution in [-0.2, 0) is 4.79 Å². The van der Waals surface area contributed by atoms with Crippen LogP contribution in [0.4, 0.5) is 11.9 Å². The van der Waals surface area contributed by atoms with E-state index in [2.05, 4.69) is 30.5 Å². The third-order valence-corrected chi connectivity index (χ3v) is 3.24. The van der Waals surface area contributed by atoms with Crippen molar-refractivity contribution in [3.63, 3.8) is 0 Å². The fourth-order valence-corrected chi connectivity index (χ4v) is 2.15. The average molecular weight is 290 g/mol. The number of hydrogen-bond donors (Lipinski definition) is 3. The van der Waals surface area contributed by atoms with Gasteiger partial charge in [0.25, 0.3) is 5.95 Å². The normalized spacial score (nSPS) is 18.0. The van der Waals surface area contributed by atoms with Crippen molar-refractivity contribution in [1.29, 1.82) is 0 Å². The molecule has 2 aromatic heterocycles. The number of rotatable bonds is 4. The Bertz CT molecular complexity index is 641. The Morgan fingerprint density at radius 2 is 2.14 bits per heavy atom. The number of nitrogen functional groups attached to an aromatic ring is 1. The van der Waals surface area contributed by atoms with Gasteiger partial charge in [0, 0.05) is 13.1 Å².